The highest BCUT2D eigenvalue weighted by molar-refractivity contribution is 5.97. The van der Waals surface area contributed by atoms with Crippen molar-refractivity contribution in [1.29, 1.82) is 0 Å². The van der Waals surface area contributed by atoms with E-state index in [1.54, 1.807) is 18.2 Å². The fourth-order valence-electron chi connectivity index (χ4n) is 3.14. The lowest BCUT2D eigenvalue weighted by Gasteiger charge is -2.15. The Kier molecular flexibility index (Phi) is 8.01. The molecule has 0 aliphatic carbocycles. The summed E-state index contributed by atoms with van der Waals surface area (Å²) in [5, 5.41) is 5.12. The van der Waals surface area contributed by atoms with E-state index in [0.29, 0.717) is 28.7 Å². The first kappa shape index (κ1) is 24.5. The van der Waals surface area contributed by atoms with Gasteiger partial charge in [0.2, 0.25) is 12.5 Å². The summed E-state index contributed by atoms with van der Waals surface area (Å²) in [5.74, 6) is 0.357. The van der Waals surface area contributed by atoms with Gasteiger partial charge >= 0.3 is 5.97 Å². The molecule has 2 amide bonds. The molecule has 11 heteroatoms. The number of ether oxygens (including phenoxy) is 6. The van der Waals surface area contributed by atoms with E-state index in [1.165, 1.54) is 40.4 Å². The Morgan fingerprint density at radius 1 is 0.941 bits per heavy atom. The van der Waals surface area contributed by atoms with Crippen LogP contribution in [0, 0.1) is 0 Å². The molecule has 34 heavy (non-hydrogen) atoms. The van der Waals surface area contributed by atoms with E-state index in [2.05, 4.69) is 10.6 Å². The molecule has 3 rings (SSSR count). The Hall–Kier alpha value is -4.15. The Labute approximate surface area is 196 Å². The Balaban J connectivity index is 1.48. The summed E-state index contributed by atoms with van der Waals surface area (Å²) in [6, 6.07) is 8.22. The van der Waals surface area contributed by atoms with Gasteiger partial charge in [-0.2, -0.15) is 0 Å². The first-order chi connectivity index (χ1) is 16.4. The Morgan fingerprint density at radius 2 is 1.62 bits per heavy atom. The van der Waals surface area contributed by atoms with E-state index >= 15 is 0 Å². The van der Waals surface area contributed by atoms with Crippen molar-refractivity contribution < 1.29 is 42.8 Å². The quantitative estimate of drug-likeness (QED) is 0.491. The Morgan fingerprint density at radius 3 is 2.26 bits per heavy atom. The van der Waals surface area contributed by atoms with Gasteiger partial charge < -0.3 is 39.1 Å². The number of nitrogens with one attached hydrogen (secondary N) is 2. The summed E-state index contributed by atoms with van der Waals surface area (Å²) in [6.07, 6.45) is -1.06. The first-order valence-electron chi connectivity index (χ1n) is 10.3. The number of amides is 2. The van der Waals surface area contributed by atoms with Crippen LogP contribution in [0.1, 0.15) is 22.8 Å². The number of hydrogen-bond donors (Lipinski definition) is 2. The number of benzene rings is 2. The van der Waals surface area contributed by atoms with Gasteiger partial charge in [-0.1, -0.05) is 6.07 Å². The summed E-state index contributed by atoms with van der Waals surface area (Å²) in [5.41, 5.74) is 0.991. The molecule has 1 unspecified atom stereocenters. The molecule has 2 N–H and O–H groups in total. The van der Waals surface area contributed by atoms with Gasteiger partial charge in [-0.3, -0.25) is 14.4 Å². The summed E-state index contributed by atoms with van der Waals surface area (Å²) >= 11 is 0. The van der Waals surface area contributed by atoms with Crippen LogP contribution in [-0.4, -0.2) is 58.6 Å². The van der Waals surface area contributed by atoms with Crippen LogP contribution in [-0.2, 0) is 20.9 Å². The van der Waals surface area contributed by atoms with Crippen LogP contribution in [0.2, 0.25) is 0 Å². The first-order valence-corrected chi connectivity index (χ1v) is 10.3. The van der Waals surface area contributed by atoms with Gasteiger partial charge in [-0.25, -0.2) is 0 Å². The lowest BCUT2D eigenvalue weighted by atomic mass is 10.1. The van der Waals surface area contributed by atoms with Crippen molar-refractivity contribution in [1.82, 2.24) is 10.6 Å². The smallest absolute Gasteiger partial charge is 0.326 e. The molecule has 1 atom stereocenters. The number of fused-ring (bicyclic) bond motifs is 1. The highest BCUT2D eigenvalue weighted by Crippen LogP contribution is 2.38. The van der Waals surface area contributed by atoms with Crippen molar-refractivity contribution in [3.05, 3.63) is 41.5 Å². The van der Waals surface area contributed by atoms with E-state index in [-0.39, 0.29) is 18.9 Å². The molecule has 0 spiro atoms. The molecule has 182 valence electrons. The van der Waals surface area contributed by atoms with Crippen molar-refractivity contribution in [2.45, 2.75) is 19.6 Å². The molecule has 11 nitrogen and oxygen atoms in total. The second-order valence-electron chi connectivity index (χ2n) is 7.13. The largest absolute Gasteiger partial charge is 0.493 e. The molecule has 0 saturated carbocycles. The number of rotatable bonds is 10. The highest BCUT2D eigenvalue weighted by Gasteiger charge is 2.21. The van der Waals surface area contributed by atoms with Gasteiger partial charge in [0.1, 0.15) is 6.54 Å². The molecule has 0 radical (unpaired) electrons. The summed E-state index contributed by atoms with van der Waals surface area (Å²) < 4.78 is 31.3. The average Bonchev–Trinajstić information content (AvgIpc) is 3.32. The Bertz CT molecular complexity index is 1050. The maximum atomic E-state index is 12.5. The van der Waals surface area contributed by atoms with Crippen LogP contribution in [0.5, 0.6) is 28.7 Å². The van der Waals surface area contributed by atoms with E-state index in [4.69, 9.17) is 28.4 Å². The lowest BCUT2D eigenvalue weighted by molar-refractivity contribution is -0.153. The second kappa shape index (κ2) is 11.1. The SMILES string of the molecule is COc1cc(C(=O)NCC(=O)OC(C)C(=O)NCc2ccc3c(c2)OCO3)cc(OC)c1OC. The molecule has 0 bridgehead atoms. The topological polar surface area (TPSA) is 131 Å². The van der Waals surface area contributed by atoms with Crippen molar-refractivity contribution in [2.75, 3.05) is 34.7 Å². The van der Waals surface area contributed by atoms with Crippen LogP contribution >= 0.6 is 0 Å². The molecule has 2 aromatic carbocycles. The molecule has 0 saturated heterocycles. The minimum Gasteiger partial charge on any atom is -0.493 e. The van der Waals surface area contributed by atoms with E-state index in [0.717, 1.165) is 5.56 Å². The van der Waals surface area contributed by atoms with Crippen LogP contribution in [0.25, 0.3) is 0 Å². The molecule has 1 heterocycles. The predicted octanol–water partition coefficient (Wildman–Crippen LogP) is 1.42. The van der Waals surface area contributed by atoms with Crippen molar-refractivity contribution >= 4 is 17.8 Å². The summed E-state index contributed by atoms with van der Waals surface area (Å²) in [6.45, 7) is 1.38. The maximum absolute atomic E-state index is 12.5. The molecule has 0 aromatic heterocycles. The monoisotopic (exact) mass is 474 g/mol. The third-order valence-corrected chi connectivity index (χ3v) is 4.90. The fourth-order valence-corrected chi connectivity index (χ4v) is 3.14. The highest BCUT2D eigenvalue weighted by atomic mass is 16.7. The third-order valence-electron chi connectivity index (χ3n) is 4.90. The van der Waals surface area contributed by atoms with Crippen molar-refractivity contribution in [2.24, 2.45) is 0 Å². The minimum atomic E-state index is -1.06. The molecule has 1 aliphatic rings. The predicted molar refractivity (Wildman–Crippen MR) is 118 cm³/mol. The van der Waals surface area contributed by atoms with Gasteiger partial charge in [0.15, 0.2) is 29.1 Å². The van der Waals surface area contributed by atoms with Crippen LogP contribution in [0.4, 0.5) is 0 Å². The number of carbonyl (C=O) groups is 3. The van der Waals surface area contributed by atoms with Crippen molar-refractivity contribution in [3.8, 4) is 28.7 Å². The lowest BCUT2D eigenvalue weighted by Crippen LogP contribution is -2.38. The average molecular weight is 474 g/mol. The number of esters is 1. The zero-order valence-corrected chi connectivity index (χ0v) is 19.3. The molecular weight excluding hydrogens is 448 g/mol. The number of hydrogen-bond acceptors (Lipinski definition) is 9. The summed E-state index contributed by atoms with van der Waals surface area (Å²) in [4.78, 5) is 36.9. The normalized spacial score (nSPS) is 12.4. The van der Waals surface area contributed by atoms with Crippen molar-refractivity contribution in [3.63, 3.8) is 0 Å². The fraction of sp³-hybridized carbons (Fsp3) is 0.348. The van der Waals surface area contributed by atoms with E-state index in [1.807, 2.05) is 0 Å². The minimum absolute atomic E-state index is 0.161. The van der Waals surface area contributed by atoms with Gasteiger partial charge in [0.05, 0.1) is 21.3 Å². The van der Waals surface area contributed by atoms with Gasteiger partial charge in [0, 0.05) is 12.1 Å². The van der Waals surface area contributed by atoms with E-state index in [9.17, 15) is 14.4 Å². The van der Waals surface area contributed by atoms with Crippen LogP contribution < -0.4 is 34.3 Å². The van der Waals surface area contributed by atoms with E-state index < -0.39 is 30.4 Å². The van der Waals surface area contributed by atoms with Gasteiger partial charge in [-0.15, -0.1) is 0 Å². The van der Waals surface area contributed by atoms with Gasteiger partial charge in [-0.05, 0) is 36.8 Å². The second-order valence-corrected chi connectivity index (χ2v) is 7.13. The van der Waals surface area contributed by atoms with Gasteiger partial charge in [0.25, 0.3) is 11.8 Å². The molecular formula is C23H26N2O9. The summed E-state index contributed by atoms with van der Waals surface area (Å²) in [7, 11) is 4.30. The molecule has 0 fully saturated rings. The zero-order chi connectivity index (χ0) is 24.7. The number of carbonyl (C=O) groups excluding carboxylic acids is 3. The number of methoxy groups -OCH3 is 3. The maximum Gasteiger partial charge on any atom is 0.326 e. The third kappa shape index (κ3) is 5.80. The molecule has 2 aromatic rings. The van der Waals surface area contributed by atoms with Crippen LogP contribution in [0.3, 0.4) is 0 Å². The zero-order valence-electron chi connectivity index (χ0n) is 19.3. The van der Waals surface area contributed by atoms with Crippen LogP contribution in [0.15, 0.2) is 30.3 Å². The standard InChI is InChI=1S/C23H26N2O9/c1-13(22(27)24-10-14-5-6-16-17(7-14)33-12-32-16)34-20(26)11-25-23(28)15-8-18(29-2)21(31-4)19(9-15)30-3/h5-9,13H,10-12H2,1-4H3,(H,24,27)(H,25,28). The molecule has 1 aliphatic heterocycles.